The van der Waals surface area contributed by atoms with E-state index in [9.17, 15) is 0 Å². The van der Waals surface area contributed by atoms with Crippen molar-refractivity contribution >= 4 is 39.0 Å². The minimum atomic E-state index is 0. The van der Waals surface area contributed by atoms with Crippen molar-refractivity contribution in [2.45, 2.75) is 5.33 Å². The van der Waals surface area contributed by atoms with Gasteiger partial charge in [0.15, 0.2) is 0 Å². The molecule has 0 aliphatic rings. The number of hydrogen-bond acceptors (Lipinski definition) is 0. The summed E-state index contributed by atoms with van der Waals surface area (Å²) in [5.74, 6) is 0. The summed E-state index contributed by atoms with van der Waals surface area (Å²) >= 11 is 3.36. The molecule has 0 atom stereocenters. The Morgan fingerprint density at radius 2 is 1.67 bits per heavy atom. The molecular formula is C7H7BrMg. The fraction of sp³-hybridized carbons (Fsp3) is 0.143. The Kier molecular flexibility index (Phi) is 5.54. The van der Waals surface area contributed by atoms with E-state index < -0.39 is 0 Å². The van der Waals surface area contributed by atoms with Crippen molar-refractivity contribution in [3.05, 3.63) is 35.9 Å². The number of rotatable bonds is 1. The second-order valence-corrected chi connectivity index (χ2v) is 2.18. The van der Waals surface area contributed by atoms with E-state index in [1.54, 1.807) is 0 Å². The molecule has 0 heterocycles. The van der Waals surface area contributed by atoms with Gasteiger partial charge in [-0.25, -0.2) is 0 Å². The monoisotopic (exact) mass is 194 g/mol. The van der Waals surface area contributed by atoms with Crippen molar-refractivity contribution in [1.29, 1.82) is 0 Å². The molecule has 1 aromatic carbocycles. The Morgan fingerprint density at radius 1 is 1.11 bits per heavy atom. The van der Waals surface area contributed by atoms with Crippen molar-refractivity contribution in [3.63, 3.8) is 0 Å². The molecule has 0 unspecified atom stereocenters. The van der Waals surface area contributed by atoms with Crippen LogP contribution in [0.5, 0.6) is 0 Å². The fourth-order valence-corrected chi connectivity index (χ4v) is 0.941. The summed E-state index contributed by atoms with van der Waals surface area (Å²) in [5, 5.41) is 0.952. The van der Waals surface area contributed by atoms with Crippen LogP contribution in [0.1, 0.15) is 5.56 Å². The van der Waals surface area contributed by atoms with Crippen LogP contribution in [0.25, 0.3) is 0 Å². The lowest BCUT2D eigenvalue weighted by molar-refractivity contribution is 1.44. The van der Waals surface area contributed by atoms with E-state index in [4.69, 9.17) is 0 Å². The molecule has 1 rings (SSSR count). The van der Waals surface area contributed by atoms with E-state index in [0.717, 1.165) is 5.33 Å². The van der Waals surface area contributed by atoms with Crippen LogP contribution in [0.3, 0.4) is 0 Å². The van der Waals surface area contributed by atoms with Crippen LogP contribution >= 0.6 is 15.9 Å². The lowest BCUT2D eigenvalue weighted by Crippen LogP contribution is -1.70. The van der Waals surface area contributed by atoms with E-state index in [0.29, 0.717) is 0 Å². The fourth-order valence-electron chi connectivity index (χ4n) is 0.567. The molecule has 0 amide bonds. The average molecular weight is 195 g/mol. The maximum atomic E-state index is 3.36. The molecule has 0 nitrogen and oxygen atoms in total. The molecular weight excluding hydrogens is 188 g/mol. The first-order chi connectivity index (χ1) is 3.93. The number of hydrogen-bond donors (Lipinski definition) is 0. The standard InChI is InChI=1S/C7H7Br.Mg/c8-6-7-4-2-1-3-5-7;/h1-5H,6H2;. The normalized spacial score (nSPS) is 8.11. The van der Waals surface area contributed by atoms with Gasteiger partial charge in [-0.3, -0.25) is 0 Å². The summed E-state index contributed by atoms with van der Waals surface area (Å²) < 4.78 is 0. The highest BCUT2D eigenvalue weighted by Gasteiger charge is 1.81. The molecule has 44 valence electrons. The van der Waals surface area contributed by atoms with Gasteiger partial charge >= 0.3 is 0 Å². The van der Waals surface area contributed by atoms with Crippen molar-refractivity contribution < 1.29 is 0 Å². The largest absolute Gasteiger partial charge is 0.0876 e. The second kappa shape index (κ2) is 5.27. The molecule has 0 saturated heterocycles. The topological polar surface area (TPSA) is 0 Å². The van der Waals surface area contributed by atoms with E-state index in [2.05, 4.69) is 28.1 Å². The Morgan fingerprint density at radius 3 is 2.00 bits per heavy atom. The molecule has 9 heavy (non-hydrogen) atoms. The molecule has 0 aromatic heterocycles. The first-order valence-corrected chi connectivity index (χ1v) is 3.65. The summed E-state index contributed by atoms with van der Waals surface area (Å²) in [7, 11) is 0. The van der Waals surface area contributed by atoms with Crippen LogP contribution in [-0.2, 0) is 5.33 Å². The van der Waals surface area contributed by atoms with Gasteiger partial charge in [0, 0.05) is 28.4 Å². The highest BCUT2D eigenvalue weighted by Crippen LogP contribution is 2.02. The number of alkyl halides is 1. The van der Waals surface area contributed by atoms with Gasteiger partial charge in [0.25, 0.3) is 0 Å². The van der Waals surface area contributed by atoms with Gasteiger partial charge < -0.3 is 0 Å². The van der Waals surface area contributed by atoms with Gasteiger partial charge in [0.2, 0.25) is 0 Å². The van der Waals surface area contributed by atoms with Gasteiger partial charge in [0.05, 0.1) is 0 Å². The Labute approximate surface area is 79.9 Å². The summed E-state index contributed by atoms with van der Waals surface area (Å²) in [6.07, 6.45) is 0. The minimum Gasteiger partial charge on any atom is -0.0876 e. The molecule has 0 spiro atoms. The Balaban J connectivity index is 0.000000640. The molecule has 1 aromatic rings. The molecule has 0 aliphatic carbocycles. The van der Waals surface area contributed by atoms with E-state index in [1.807, 2.05) is 18.2 Å². The van der Waals surface area contributed by atoms with Gasteiger partial charge in [-0.05, 0) is 5.56 Å². The third-order valence-corrected chi connectivity index (χ3v) is 1.64. The van der Waals surface area contributed by atoms with Crippen LogP contribution in [0, 0.1) is 0 Å². The molecule has 0 saturated carbocycles. The maximum Gasteiger partial charge on any atom is 0.0283 e. The van der Waals surface area contributed by atoms with E-state index in [-0.39, 0.29) is 23.1 Å². The zero-order chi connectivity index (χ0) is 5.82. The zero-order valence-electron chi connectivity index (χ0n) is 5.18. The van der Waals surface area contributed by atoms with Gasteiger partial charge in [-0.1, -0.05) is 46.3 Å². The first kappa shape index (κ1) is 9.47. The summed E-state index contributed by atoms with van der Waals surface area (Å²) in [6, 6.07) is 10.3. The van der Waals surface area contributed by atoms with Gasteiger partial charge in [0.1, 0.15) is 0 Å². The Hall–Kier alpha value is 0.466. The summed E-state index contributed by atoms with van der Waals surface area (Å²) in [4.78, 5) is 0. The molecule has 2 heteroatoms. The molecule has 0 fully saturated rings. The summed E-state index contributed by atoms with van der Waals surface area (Å²) in [5.41, 5.74) is 1.33. The highest BCUT2D eigenvalue weighted by molar-refractivity contribution is 9.08. The zero-order valence-corrected chi connectivity index (χ0v) is 8.18. The highest BCUT2D eigenvalue weighted by atomic mass is 79.9. The molecule has 0 bridgehead atoms. The number of benzene rings is 1. The van der Waals surface area contributed by atoms with Crippen molar-refractivity contribution in [2.24, 2.45) is 0 Å². The third kappa shape index (κ3) is 3.23. The van der Waals surface area contributed by atoms with Crippen LogP contribution < -0.4 is 0 Å². The van der Waals surface area contributed by atoms with Crippen molar-refractivity contribution in [1.82, 2.24) is 0 Å². The predicted octanol–water partition coefficient (Wildman–Crippen LogP) is 2.20. The molecule has 0 aliphatic heterocycles. The van der Waals surface area contributed by atoms with Crippen LogP contribution in [0.4, 0.5) is 0 Å². The minimum absolute atomic E-state index is 0. The lowest BCUT2D eigenvalue weighted by atomic mass is 10.2. The van der Waals surface area contributed by atoms with E-state index in [1.165, 1.54) is 5.56 Å². The first-order valence-electron chi connectivity index (χ1n) is 2.53. The smallest absolute Gasteiger partial charge is 0.0283 e. The summed E-state index contributed by atoms with van der Waals surface area (Å²) in [6.45, 7) is 0. The van der Waals surface area contributed by atoms with E-state index >= 15 is 0 Å². The molecule has 2 radical (unpaired) electrons. The van der Waals surface area contributed by atoms with Gasteiger partial charge in [-0.15, -0.1) is 0 Å². The number of halogens is 1. The van der Waals surface area contributed by atoms with Gasteiger partial charge in [-0.2, -0.15) is 0 Å². The third-order valence-electron chi connectivity index (χ3n) is 0.997. The molecule has 0 N–H and O–H groups in total. The lowest BCUT2D eigenvalue weighted by Gasteiger charge is -1.88. The van der Waals surface area contributed by atoms with Crippen molar-refractivity contribution in [2.75, 3.05) is 0 Å². The van der Waals surface area contributed by atoms with Crippen LogP contribution in [-0.4, -0.2) is 23.1 Å². The van der Waals surface area contributed by atoms with Crippen molar-refractivity contribution in [3.8, 4) is 0 Å². The predicted molar refractivity (Wildman–Crippen MR) is 44.8 cm³/mol. The Bertz CT molecular complexity index is 150. The second-order valence-electron chi connectivity index (χ2n) is 1.62. The van der Waals surface area contributed by atoms with Crippen LogP contribution in [0.2, 0.25) is 0 Å². The quantitative estimate of drug-likeness (QED) is 0.476. The average Bonchev–Trinajstić information content (AvgIpc) is 1.90. The maximum absolute atomic E-state index is 3.36. The SMILES string of the molecule is BrCc1ccccc1.[Mg]. The van der Waals surface area contributed by atoms with Crippen LogP contribution in [0.15, 0.2) is 30.3 Å².